The molecule has 0 aromatic heterocycles. The minimum absolute atomic E-state index is 0.0209. The third-order valence-corrected chi connectivity index (χ3v) is 3.94. The van der Waals surface area contributed by atoms with Gasteiger partial charge in [-0.2, -0.15) is 0 Å². The molecule has 0 aliphatic heterocycles. The van der Waals surface area contributed by atoms with Crippen molar-refractivity contribution in [1.82, 2.24) is 0 Å². The van der Waals surface area contributed by atoms with Crippen LogP contribution in [0, 0.1) is 5.92 Å². The van der Waals surface area contributed by atoms with E-state index in [1.165, 1.54) is 5.57 Å². The van der Waals surface area contributed by atoms with Gasteiger partial charge in [-0.3, -0.25) is 0 Å². The van der Waals surface area contributed by atoms with Crippen LogP contribution in [-0.2, 0) is 23.8 Å². The lowest BCUT2D eigenvalue weighted by molar-refractivity contribution is -0.146. The lowest BCUT2D eigenvalue weighted by Gasteiger charge is -2.27. The zero-order chi connectivity index (χ0) is 17.9. The Labute approximate surface area is 145 Å². The molecule has 5 nitrogen and oxygen atoms in total. The van der Waals surface area contributed by atoms with Gasteiger partial charge < -0.3 is 14.2 Å². The summed E-state index contributed by atoms with van der Waals surface area (Å²) >= 11 is 0. The summed E-state index contributed by atoms with van der Waals surface area (Å²) in [6.07, 6.45) is 7.68. The minimum Gasteiger partial charge on any atom is -0.462 e. The van der Waals surface area contributed by atoms with Gasteiger partial charge in [0.1, 0.15) is 5.57 Å². The third-order valence-electron chi connectivity index (χ3n) is 3.94. The highest BCUT2D eigenvalue weighted by Gasteiger charge is 2.26. The molecule has 1 saturated carbocycles. The quantitative estimate of drug-likeness (QED) is 0.222. The Hall–Kier alpha value is -1.62. The monoisotopic (exact) mass is 338 g/mol. The molecule has 0 spiro atoms. The van der Waals surface area contributed by atoms with Gasteiger partial charge in [-0.05, 0) is 59.3 Å². The number of esters is 2. The first-order chi connectivity index (χ1) is 11.5. The Morgan fingerprint density at radius 3 is 1.96 bits per heavy atom. The molecule has 0 amide bonds. The summed E-state index contributed by atoms with van der Waals surface area (Å²) in [6, 6.07) is 0. The second-order valence-electron chi connectivity index (χ2n) is 6.17. The maximum Gasteiger partial charge on any atom is 0.345 e. The molecule has 0 unspecified atom stereocenters. The largest absolute Gasteiger partial charge is 0.462 e. The van der Waals surface area contributed by atoms with E-state index in [-0.39, 0.29) is 30.8 Å². The number of ether oxygens (including phenoxy) is 3. The van der Waals surface area contributed by atoms with Crippen molar-refractivity contribution in [3.8, 4) is 0 Å². The van der Waals surface area contributed by atoms with Crippen LogP contribution in [0.3, 0.4) is 0 Å². The summed E-state index contributed by atoms with van der Waals surface area (Å²) in [5.41, 5.74) is 1.27. The predicted molar refractivity (Wildman–Crippen MR) is 92.5 cm³/mol. The molecule has 5 heteroatoms. The SMILES string of the molecule is CCOC(=O)C(=CC1CCC(OCC=C(C)C)CC1)C(=O)OCC. The molecular formula is C19H30O5. The molecule has 1 rings (SSSR count). The first-order valence-corrected chi connectivity index (χ1v) is 8.78. The maximum atomic E-state index is 12.0. The van der Waals surface area contributed by atoms with Gasteiger partial charge in [0, 0.05) is 0 Å². The summed E-state index contributed by atoms with van der Waals surface area (Å²) in [5.74, 6) is -1.02. The summed E-state index contributed by atoms with van der Waals surface area (Å²) in [5, 5.41) is 0. The van der Waals surface area contributed by atoms with Gasteiger partial charge in [0.15, 0.2) is 0 Å². The fraction of sp³-hybridized carbons (Fsp3) is 0.684. The van der Waals surface area contributed by atoms with Crippen molar-refractivity contribution >= 4 is 11.9 Å². The first kappa shape index (κ1) is 20.4. The molecule has 0 N–H and O–H groups in total. The van der Waals surface area contributed by atoms with Crippen LogP contribution in [0.1, 0.15) is 53.4 Å². The molecule has 0 saturated heterocycles. The van der Waals surface area contributed by atoms with E-state index in [1.54, 1.807) is 19.9 Å². The van der Waals surface area contributed by atoms with Crippen LogP contribution < -0.4 is 0 Å². The highest BCUT2D eigenvalue weighted by Crippen LogP contribution is 2.28. The number of hydrogen-bond donors (Lipinski definition) is 0. The maximum absolute atomic E-state index is 12.0. The van der Waals surface area contributed by atoms with E-state index < -0.39 is 11.9 Å². The molecule has 0 aromatic carbocycles. The van der Waals surface area contributed by atoms with Gasteiger partial charge >= 0.3 is 11.9 Å². The van der Waals surface area contributed by atoms with E-state index in [4.69, 9.17) is 14.2 Å². The van der Waals surface area contributed by atoms with Gasteiger partial charge in [0.05, 0.1) is 25.9 Å². The van der Waals surface area contributed by atoms with Gasteiger partial charge in [0.2, 0.25) is 0 Å². The molecule has 0 bridgehead atoms. The summed E-state index contributed by atoms with van der Waals surface area (Å²) in [4.78, 5) is 24.0. The van der Waals surface area contributed by atoms with Crippen LogP contribution in [0.25, 0.3) is 0 Å². The Morgan fingerprint density at radius 1 is 0.958 bits per heavy atom. The standard InChI is InChI=1S/C19H30O5/c1-5-22-18(20)17(19(21)23-6-2)13-15-7-9-16(10-8-15)24-12-11-14(3)4/h11,13,15-16H,5-10,12H2,1-4H3. The van der Waals surface area contributed by atoms with Crippen LogP contribution in [0.15, 0.2) is 23.3 Å². The zero-order valence-electron chi connectivity index (χ0n) is 15.3. The summed E-state index contributed by atoms with van der Waals surface area (Å²) in [7, 11) is 0. The number of allylic oxidation sites excluding steroid dienone is 2. The number of carbonyl (C=O) groups excluding carboxylic acids is 2. The van der Waals surface area contributed by atoms with E-state index in [9.17, 15) is 9.59 Å². The van der Waals surface area contributed by atoms with E-state index in [2.05, 4.69) is 19.9 Å². The van der Waals surface area contributed by atoms with E-state index in [0.717, 1.165) is 25.7 Å². The van der Waals surface area contributed by atoms with Gasteiger partial charge in [-0.1, -0.05) is 17.7 Å². The molecule has 1 aliphatic carbocycles. The molecular weight excluding hydrogens is 308 g/mol. The van der Waals surface area contributed by atoms with Crippen LogP contribution in [0.2, 0.25) is 0 Å². The molecule has 24 heavy (non-hydrogen) atoms. The Kier molecular flexibility index (Phi) is 9.38. The number of hydrogen-bond acceptors (Lipinski definition) is 5. The number of rotatable bonds is 8. The Balaban J connectivity index is 2.60. The van der Waals surface area contributed by atoms with Gasteiger partial charge in [-0.25, -0.2) is 9.59 Å². The fourth-order valence-corrected chi connectivity index (χ4v) is 2.65. The second-order valence-corrected chi connectivity index (χ2v) is 6.17. The topological polar surface area (TPSA) is 61.8 Å². The highest BCUT2D eigenvalue weighted by molar-refractivity contribution is 6.14. The Morgan fingerprint density at radius 2 is 1.50 bits per heavy atom. The normalized spacial score (nSPS) is 20.0. The smallest absolute Gasteiger partial charge is 0.345 e. The molecule has 0 radical (unpaired) electrons. The fourth-order valence-electron chi connectivity index (χ4n) is 2.65. The van der Waals surface area contributed by atoms with Crippen LogP contribution >= 0.6 is 0 Å². The van der Waals surface area contributed by atoms with Crippen molar-refractivity contribution in [2.75, 3.05) is 19.8 Å². The molecule has 0 atom stereocenters. The number of carbonyl (C=O) groups is 2. The Bertz CT molecular complexity index is 446. The van der Waals surface area contributed by atoms with Crippen LogP contribution in [-0.4, -0.2) is 37.9 Å². The lowest BCUT2D eigenvalue weighted by Crippen LogP contribution is -2.23. The highest BCUT2D eigenvalue weighted by atomic mass is 16.6. The van der Waals surface area contributed by atoms with Gasteiger partial charge in [0.25, 0.3) is 0 Å². The summed E-state index contributed by atoms with van der Waals surface area (Å²) < 4.78 is 15.8. The minimum atomic E-state index is -0.599. The summed E-state index contributed by atoms with van der Waals surface area (Å²) in [6.45, 7) is 8.66. The van der Waals surface area contributed by atoms with Crippen molar-refractivity contribution in [3.05, 3.63) is 23.3 Å². The molecule has 1 fully saturated rings. The zero-order valence-corrected chi connectivity index (χ0v) is 15.3. The predicted octanol–water partition coefficient (Wildman–Crippen LogP) is 3.58. The van der Waals surface area contributed by atoms with Crippen molar-refractivity contribution in [2.24, 2.45) is 5.92 Å². The second kappa shape index (κ2) is 11.0. The van der Waals surface area contributed by atoms with E-state index in [0.29, 0.717) is 6.61 Å². The van der Waals surface area contributed by atoms with Gasteiger partial charge in [-0.15, -0.1) is 0 Å². The third kappa shape index (κ3) is 7.30. The van der Waals surface area contributed by atoms with Crippen LogP contribution in [0.5, 0.6) is 0 Å². The molecule has 0 heterocycles. The van der Waals surface area contributed by atoms with E-state index >= 15 is 0 Å². The van der Waals surface area contributed by atoms with Crippen molar-refractivity contribution in [1.29, 1.82) is 0 Å². The average molecular weight is 338 g/mol. The average Bonchev–Trinajstić information content (AvgIpc) is 2.54. The van der Waals surface area contributed by atoms with Crippen molar-refractivity contribution in [3.63, 3.8) is 0 Å². The first-order valence-electron chi connectivity index (χ1n) is 8.78. The van der Waals surface area contributed by atoms with Crippen LogP contribution in [0.4, 0.5) is 0 Å². The van der Waals surface area contributed by atoms with Crippen molar-refractivity contribution in [2.45, 2.75) is 59.5 Å². The molecule has 1 aliphatic rings. The lowest BCUT2D eigenvalue weighted by atomic mass is 9.86. The van der Waals surface area contributed by atoms with Crippen molar-refractivity contribution < 1.29 is 23.8 Å². The van der Waals surface area contributed by atoms with E-state index in [1.807, 2.05) is 0 Å². The molecule has 0 aromatic rings. The molecule has 136 valence electrons.